The zero-order valence-electron chi connectivity index (χ0n) is 17.3. The predicted molar refractivity (Wildman–Crippen MR) is 116 cm³/mol. The van der Waals surface area contributed by atoms with Crippen LogP contribution in [0.1, 0.15) is 37.3 Å². The number of hydrogen-bond acceptors (Lipinski definition) is 6. The summed E-state index contributed by atoms with van der Waals surface area (Å²) in [4.78, 5) is 25.1. The van der Waals surface area contributed by atoms with Gasteiger partial charge in [0.2, 0.25) is 5.91 Å². The highest BCUT2D eigenvalue weighted by Gasteiger charge is 2.37. The number of aryl methyl sites for hydroxylation is 1. The summed E-state index contributed by atoms with van der Waals surface area (Å²) in [7, 11) is -3.16. The first-order valence-electron chi connectivity index (χ1n) is 10.4. The van der Waals surface area contributed by atoms with Gasteiger partial charge >= 0.3 is 0 Å². The first-order chi connectivity index (χ1) is 14.8. The molecule has 1 fully saturated rings. The van der Waals surface area contributed by atoms with E-state index in [1.165, 1.54) is 10.6 Å². The first-order valence-corrected chi connectivity index (χ1v) is 12.2. The summed E-state index contributed by atoms with van der Waals surface area (Å²) in [5.41, 5.74) is 2.52. The highest BCUT2D eigenvalue weighted by molar-refractivity contribution is 7.91. The highest BCUT2D eigenvalue weighted by Crippen LogP contribution is 2.22. The summed E-state index contributed by atoms with van der Waals surface area (Å²) in [5, 5.41) is 12.5. The Hall–Kier alpha value is -3.01. The van der Waals surface area contributed by atoms with Crippen molar-refractivity contribution in [1.29, 1.82) is 0 Å². The molecule has 1 N–H and O–H groups in total. The smallest absolute Gasteiger partial charge is 0.273 e. The van der Waals surface area contributed by atoms with Crippen LogP contribution in [0, 0.1) is 0 Å². The average Bonchev–Trinajstić information content (AvgIpc) is 3.34. The van der Waals surface area contributed by atoms with Gasteiger partial charge in [0, 0.05) is 18.9 Å². The Balaban J connectivity index is 1.46. The zero-order chi connectivity index (χ0) is 22.0. The van der Waals surface area contributed by atoms with E-state index >= 15 is 0 Å². The number of aromatic nitrogens is 2. The van der Waals surface area contributed by atoms with Crippen molar-refractivity contribution in [2.75, 3.05) is 16.8 Å². The molecular weight excluding hydrogens is 418 g/mol. The molecule has 1 saturated heterocycles. The number of sulfone groups is 1. The fraction of sp³-hybridized carbons (Fsp3) is 0.429. The topological polar surface area (TPSA) is 114 Å². The molecule has 2 aliphatic heterocycles. The van der Waals surface area contributed by atoms with Crippen molar-refractivity contribution >= 4 is 33.2 Å². The van der Waals surface area contributed by atoms with Gasteiger partial charge in [0.15, 0.2) is 9.84 Å². The third-order valence-electron chi connectivity index (χ3n) is 5.60. The number of carbonyl (C=O) groups excluding carboxylic acids is 2. The summed E-state index contributed by atoms with van der Waals surface area (Å²) in [5.74, 6) is -0.211. The number of hydrazone groups is 1. The second kappa shape index (κ2) is 8.62. The van der Waals surface area contributed by atoms with Crippen LogP contribution in [0.4, 0.5) is 5.82 Å². The fourth-order valence-corrected chi connectivity index (χ4v) is 5.49. The molecule has 31 heavy (non-hydrogen) atoms. The predicted octanol–water partition coefficient (Wildman–Crippen LogP) is 1.60. The third kappa shape index (κ3) is 4.84. The summed E-state index contributed by atoms with van der Waals surface area (Å²) in [6.07, 6.45) is 3.27. The lowest BCUT2D eigenvalue weighted by Crippen LogP contribution is -2.42. The molecule has 0 aliphatic carbocycles. The average molecular weight is 444 g/mol. The van der Waals surface area contributed by atoms with E-state index < -0.39 is 21.8 Å². The molecule has 10 heteroatoms. The minimum Gasteiger partial charge on any atom is -0.306 e. The lowest BCUT2D eigenvalue weighted by Gasteiger charge is -2.27. The van der Waals surface area contributed by atoms with Crippen molar-refractivity contribution < 1.29 is 18.0 Å². The van der Waals surface area contributed by atoms with E-state index in [0.29, 0.717) is 18.8 Å². The van der Waals surface area contributed by atoms with Crippen LogP contribution in [0.3, 0.4) is 0 Å². The largest absolute Gasteiger partial charge is 0.306 e. The summed E-state index contributed by atoms with van der Waals surface area (Å²) < 4.78 is 25.2. The highest BCUT2D eigenvalue weighted by atomic mass is 32.2. The number of hydrogen-bond donors (Lipinski definition) is 1. The van der Waals surface area contributed by atoms with Crippen molar-refractivity contribution in [3.8, 4) is 0 Å². The van der Waals surface area contributed by atoms with E-state index in [0.717, 1.165) is 12.0 Å². The quantitative estimate of drug-likeness (QED) is 0.728. The van der Waals surface area contributed by atoms with Crippen LogP contribution in [0.5, 0.6) is 0 Å². The molecular formula is C21H25N5O4S. The van der Waals surface area contributed by atoms with Crippen LogP contribution in [0.25, 0.3) is 0 Å². The Morgan fingerprint density at radius 2 is 1.90 bits per heavy atom. The molecule has 1 aromatic carbocycles. The first kappa shape index (κ1) is 21.2. The van der Waals surface area contributed by atoms with Crippen molar-refractivity contribution in [3.63, 3.8) is 0 Å². The maximum absolute atomic E-state index is 12.8. The molecule has 1 aromatic heterocycles. The summed E-state index contributed by atoms with van der Waals surface area (Å²) in [6, 6.07) is 9.42. The number of rotatable bonds is 6. The van der Waals surface area contributed by atoms with Crippen LogP contribution in [0.2, 0.25) is 0 Å². The van der Waals surface area contributed by atoms with E-state index in [4.69, 9.17) is 0 Å². The molecule has 2 amide bonds. The number of benzene rings is 1. The maximum Gasteiger partial charge on any atom is 0.273 e. The summed E-state index contributed by atoms with van der Waals surface area (Å²) in [6.45, 7) is 2.61. The monoisotopic (exact) mass is 443 g/mol. The minimum atomic E-state index is -3.16. The third-order valence-corrected chi connectivity index (χ3v) is 7.35. The molecule has 4 rings (SSSR count). The molecule has 164 valence electrons. The van der Waals surface area contributed by atoms with Crippen molar-refractivity contribution in [2.45, 2.75) is 45.2 Å². The lowest BCUT2D eigenvalue weighted by atomic mass is 10.1. The molecule has 2 aromatic rings. The molecule has 0 spiro atoms. The number of nitrogens with one attached hydrogen (secondary N) is 1. The molecule has 0 saturated carbocycles. The number of anilines is 1. The van der Waals surface area contributed by atoms with Gasteiger partial charge in [-0.05, 0) is 24.0 Å². The Kier molecular flexibility index (Phi) is 5.90. The van der Waals surface area contributed by atoms with Gasteiger partial charge in [0.1, 0.15) is 11.5 Å². The van der Waals surface area contributed by atoms with Gasteiger partial charge in [-0.2, -0.15) is 10.2 Å². The van der Waals surface area contributed by atoms with E-state index in [1.54, 1.807) is 16.9 Å². The van der Waals surface area contributed by atoms with E-state index in [-0.39, 0.29) is 36.0 Å². The summed E-state index contributed by atoms with van der Waals surface area (Å²) >= 11 is 0. The van der Waals surface area contributed by atoms with Gasteiger partial charge in [0.25, 0.3) is 5.91 Å². The van der Waals surface area contributed by atoms with Crippen LogP contribution in [-0.4, -0.2) is 58.3 Å². The second-order valence-electron chi connectivity index (χ2n) is 7.84. The molecule has 2 aliphatic rings. The Bertz CT molecular complexity index is 1120. The lowest BCUT2D eigenvalue weighted by molar-refractivity contribution is -0.133. The normalized spacial score (nSPS) is 20.5. The van der Waals surface area contributed by atoms with E-state index in [9.17, 15) is 18.0 Å². The van der Waals surface area contributed by atoms with Crippen molar-refractivity contribution in [3.05, 3.63) is 47.7 Å². The van der Waals surface area contributed by atoms with Gasteiger partial charge in [-0.25, -0.2) is 18.1 Å². The van der Waals surface area contributed by atoms with Gasteiger partial charge < -0.3 is 5.32 Å². The van der Waals surface area contributed by atoms with Gasteiger partial charge in [0.05, 0.1) is 30.3 Å². The van der Waals surface area contributed by atoms with Gasteiger partial charge in [-0.3, -0.25) is 9.59 Å². The van der Waals surface area contributed by atoms with Gasteiger partial charge in [-0.15, -0.1) is 0 Å². The standard InChI is InChI=1S/C21H25N5O4S/c1-2-15-3-5-16(6-4-15)13-25-19(9-11-22-25)23-21(28)18-7-8-20(27)26(24-18)17-10-12-31(29,30)14-17/h3-6,9,11,17H,2,7-8,10,12-14H2,1H3,(H,23,28)/t17-/m0/s1. The van der Waals surface area contributed by atoms with Crippen LogP contribution in [-0.2, 0) is 32.4 Å². The maximum atomic E-state index is 12.8. The SMILES string of the molecule is CCc1ccc(Cn2nccc2NC(=O)C2=NN([C@H]3CCS(=O)(=O)C3)C(=O)CC2)cc1. The van der Waals surface area contributed by atoms with Gasteiger partial charge in [-0.1, -0.05) is 31.2 Å². The molecule has 0 radical (unpaired) electrons. The molecule has 0 unspecified atom stereocenters. The van der Waals surface area contributed by atoms with E-state index in [1.807, 2.05) is 12.1 Å². The fourth-order valence-electron chi connectivity index (χ4n) is 3.79. The van der Waals surface area contributed by atoms with E-state index in [2.05, 4.69) is 34.6 Å². The van der Waals surface area contributed by atoms with Crippen molar-refractivity contribution in [1.82, 2.24) is 14.8 Å². The Morgan fingerprint density at radius 3 is 2.58 bits per heavy atom. The zero-order valence-corrected chi connectivity index (χ0v) is 18.1. The Morgan fingerprint density at radius 1 is 1.16 bits per heavy atom. The molecule has 9 nitrogen and oxygen atoms in total. The number of amides is 2. The number of carbonyl (C=O) groups is 2. The molecule has 3 heterocycles. The Labute approximate surface area is 181 Å². The van der Waals surface area contributed by atoms with Crippen molar-refractivity contribution in [2.24, 2.45) is 5.10 Å². The van der Waals surface area contributed by atoms with Crippen LogP contribution in [0.15, 0.2) is 41.6 Å². The van der Waals surface area contributed by atoms with Crippen LogP contribution < -0.4 is 5.32 Å². The number of nitrogens with zero attached hydrogens (tertiary/aromatic N) is 4. The second-order valence-corrected chi connectivity index (χ2v) is 10.1. The minimum absolute atomic E-state index is 0.0386. The molecule has 1 atom stereocenters. The van der Waals surface area contributed by atoms with Crippen LogP contribution >= 0.6 is 0 Å². The molecule has 0 bridgehead atoms.